The molecule has 1 aromatic carbocycles. The maximum atomic E-state index is 9.67. The second-order valence-electron chi connectivity index (χ2n) is 3.87. The lowest BCUT2D eigenvalue weighted by atomic mass is 10.2. The van der Waals surface area contributed by atoms with Gasteiger partial charge in [0.05, 0.1) is 7.11 Å². The van der Waals surface area contributed by atoms with Crippen molar-refractivity contribution in [1.29, 1.82) is 0 Å². The Morgan fingerprint density at radius 3 is 2.88 bits per heavy atom. The summed E-state index contributed by atoms with van der Waals surface area (Å²) in [7, 11) is 1.63. The maximum Gasteiger partial charge on any atom is 0.120 e. The van der Waals surface area contributed by atoms with E-state index in [1.54, 1.807) is 19.2 Å². The number of methoxy groups -OCH3 is 1. The quantitative estimate of drug-likeness (QED) is 0.701. The maximum absolute atomic E-state index is 9.67. The van der Waals surface area contributed by atoms with Gasteiger partial charge in [-0.2, -0.15) is 11.8 Å². The topological polar surface area (TPSA) is 41.5 Å². The molecule has 4 heteroatoms. The van der Waals surface area contributed by atoms with E-state index in [0.717, 1.165) is 17.9 Å². The predicted molar refractivity (Wildman–Crippen MR) is 74.0 cm³/mol. The molecule has 0 spiro atoms. The molecule has 1 rings (SSSR count). The van der Waals surface area contributed by atoms with E-state index in [2.05, 4.69) is 11.6 Å². The van der Waals surface area contributed by atoms with Gasteiger partial charge in [0.15, 0.2) is 0 Å². The van der Waals surface area contributed by atoms with Crippen molar-refractivity contribution in [2.24, 2.45) is 0 Å². The van der Waals surface area contributed by atoms with Crippen molar-refractivity contribution >= 4 is 11.8 Å². The molecule has 0 aliphatic rings. The van der Waals surface area contributed by atoms with Crippen LogP contribution in [0.15, 0.2) is 18.2 Å². The summed E-state index contributed by atoms with van der Waals surface area (Å²) in [4.78, 5) is 0. The highest BCUT2D eigenvalue weighted by Crippen LogP contribution is 2.22. The Kier molecular flexibility index (Phi) is 6.89. The number of hydrogen-bond acceptors (Lipinski definition) is 4. The molecule has 0 atom stereocenters. The van der Waals surface area contributed by atoms with Gasteiger partial charge >= 0.3 is 0 Å². The van der Waals surface area contributed by atoms with Gasteiger partial charge in [-0.1, -0.05) is 0 Å². The third-order valence-corrected chi connectivity index (χ3v) is 3.25. The molecule has 96 valence electrons. The third kappa shape index (κ3) is 5.33. The van der Waals surface area contributed by atoms with E-state index >= 15 is 0 Å². The summed E-state index contributed by atoms with van der Waals surface area (Å²) in [5, 5.41) is 13.0. The molecule has 0 aliphatic carbocycles. The molecule has 1 aromatic rings. The van der Waals surface area contributed by atoms with E-state index in [9.17, 15) is 5.11 Å². The van der Waals surface area contributed by atoms with Gasteiger partial charge in [-0.25, -0.2) is 0 Å². The van der Waals surface area contributed by atoms with Crippen LogP contribution in [0.1, 0.15) is 18.4 Å². The van der Waals surface area contributed by atoms with Gasteiger partial charge in [0.2, 0.25) is 0 Å². The Bertz CT molecular complexity index is 331. The van der Waals surface area contributed by atoms with Crippen LogP contribution in [-0.2, 0) is 6.54 Å². The van der Waals surface area contributed by atoms with E-state index in [1.165, 1.54) is 18.6 Å². The average molecular weight is 255 g/mol. The van der Waals surface area contributed by atoms with Crippen molar-refractivity contribution in [3.05, 3.63) is 23.8 Å². The predicted octanol–water partition coefficient (Wildman–Crippen LogP) is 2.63. The van der Waals surface area contributed by atoms with E-state index in [0.29, 0.717) is 12.3 Å². The highest BCUT2D eigenvalue weighted by Gasteiger charge is 2.02. The molecule has 0 aliphatic heterocycles. The number of unbranched alkanes of at least 4 members (excludes halogenated alkanes) is 1. The molecule has 0 unspecified atom stereocenters. The van der Waals surface area contributed by atoms with Gasteiger partial charge in [0.25, 0.3) is 0 Å². The number of phenolic OH excluding ortho intramolecular Hbond substituents is 1. The highest BCUT2D eigenvalue weighted by molar-refractivity contribution is 7.98. The summed E-state index contributed by atoms with van der Waals surface area (Å²) in [6.07, 6.45) is 4.53. The second-order valence-corrected chi connectivity index (χ2v) is 4.86. The van der Waals surface area contributed by atoms with Gasteiger partial charge in [0, 0.05) is 12.1 Å². The minimum Gasteiger partial charge on any atom is -0.508 e. The van der Waals surface area contributed by atoms with E-state index in [1.807, 2.05) is 17.8 Å². The SMILES string of the molecule is COc1ccc(O)c(CNCCCCSC)c1. The first-order valence-electron chi connectivity index (χ1n) is 5.83. The van der Waals surface area contributed by atoms with E-state index in [-0.39, 0.29) is 0 Å². The Balaban J connectivity index is 2.30. The fraction of sp³-hybridized carbons (Fsp3) is 0.538. The largest absolute Gasteiger partial charge is 0.508 e. The number of thioether (sulfide) groups is 1. The van der Waals surface area contributed by atoms with Crippen molar-refractivity contribution in [3.63, 3.8) is 0 Å². The van der Waals surface area contributed by atoms with Crippen LogP contribution in [0.5, 0.6) is 11.5 Å². The molecule has 0 saturated carbocycles. The van der Waals surface area contributed by atoms with E-state index in [4.69, 9.17) is 4.74 Å². The highest BCUT2D eigenvalue weighted by atomic mass is 32.2. The number of nitrogens with one attached hydrogen (secondary N) is 1. The van der Waals surface area contributed by atoms with Crippen molar-refractivity contribution in [1.82, 2.24) is 5.32 Å². The number of rotatable bonds is 8. The zero-order valence-electron chi connectivity index (χ0n) is 10.5. The molecular weight excluding hydrogens is 234 g/mol. The zero-order chi connectivity index (χ0) is 12.5. The summed E-state index contributed by atoms with van der Waals surface area (Å²) < 4.78 is 5.13. The molecule has 17 heavy (non-hydrogen) atoms. The number of aromatic hydroxyl groups is 1. The van der Waals surface area contributed by atoms with Crippen molar-refractivity contribution in [2.45, 2.75) is 19.4 Å². The number of hydrogen-bond donors (Lipinski definition) is 2. The van der Waals surface area contributed by atoms with Gasteiger partial charge < -0.3 is 15.2 Å². The summed E-state index contributed by atoms with van der Waals surface area (Å²) in [6.45, 7) is 1.67. The smallest absolute Gasteiger partial charge is 0.120 e. The van der Waals surface area contributed by atoms with Crippen LogP contribution >= 0.6 is 11.8 Å². The molecule has 0 radical (unpaired) electrons. The molecule has 0 bridgehead atoms. The Morgan fingerprint density at radius 2 is 2.18 bits per heavy atom. The van der Waals surface area contributed by atoms with Crippen molar-refractivity contribution < 1.29 is 9.84 Å². The van der Waals surface area contributed by atoms with Gasteiger partial charge in [-0.15, -0.1) is 0 Å². The second kappa shape index (κ2) is 8.25. The van der Waals surface area contributed by atoms with Gasteiger partial charge in [0.1, 0.15) is 11.5 Å². The first-order chi connectivity index (χ1) is 8.27. The van der Waals surface area contributed by atoms with Crippen LogP contribution in [0.2, 0.25) is 0 Å². The minimum atomic E-state index is 0.322. The first kappa shape index (κ1) is 14.2. The van der Waals surface area contributed by atoms with Crippen LogP contribution in [0, 0.1) is 0 Å². The summed E-state index contributed by atoms with van der Waals surface area (Å²) in [5.74, 6) is 2.32. The summed E-state index contributed by atoms with van der Waals surface area (Å²) in [6, 6.07) is 5.30. The Morgan fingerprint density at radius 1 is 1.35 bits per heavy atom. The number of benzene rings is 1. The van der Waals surface area contributed by atoms with Crippen molar-refractivity contribution in [2.75, 3.05) is 25.7 Å². The van der Waals surface area contributed by atoms with Crippen LogP contribution in [0.25, 0.3) is 0 Å². The first-order valence-corrected chi connectivity index (χ1v) is 7.23. The molecule has 0 saturated heterocycles. The molecular formula is C13H21NO2S. The molecule has 0 amide bonds. The lowest BCUT2D eigenvalue weighted by molar-refractivity contribution is 0.410. The molecule has 3 nitrogen and oxygen atoms in total. The van der Waals surface area contributed by atoms with Crippen molar-refractivity contribution in [3.8, 4) is 11.5 Å². The normalized spacial score (nSPS) is 10.5. The van der Waals surface area contributed by atoms with Gasteiger partial charge in [-0.3, -0.25) is 0 Å². The third-order valence-electron chi connectivity index (χ3n) is 2.55. The molecule has 0 fully saturated rings. The van der Waals surface area contributed by atoms with Gasteiger partial charge in [-0.05, 0) is 49.6 Å². The van der Waals surface area contributed by atoms with E-state index < -0.39 is 0 Å². The molecule has 0 aromatic heterocycles. The minimum absolute atomic E-state index is 0.322. The summed E-state index contributed by atoms with van der Waals surface area (Å²) in [5.41, 5.74) is 0.884. The van der Waals surface area contributed by atoms with Crippen LogP contribution in [-0.4, -0.2) is 30.8 Å². The lowest BCUT2D eigenvalue weighted by Crippen LogP contribution is -2.15. The molecule has 2 N–H and O–H groups in total. The van der Waals surface area contributed by atoms with Crippen LogP contribution in [0.4, 0.5) is 0 Å². The fourth-order valence-electron chi connectivity index (χ4n) is 1.55. The zero-order valence-corrected chi connectivity index (χ0v) is 11.3. The molecule has 0 heterocycles. The van der Waals surface area contributed by atoms with Crippen LogP contribution in [0.3, 0.4) is 0 Å². The number of ether oxygens (including phenoxy) is 1. The summed E-state index contributed by atoms with van der Waals surface area (Å²) >= 11 is 1.88. The van der Waals surface area contributed by atoms with Crippen LogP contribution < -0.4 is 10.1 Å². The number of phenols is 1. The Labute approximate surface area is 108 Å². The lowest BCUT2D eigenvalue weighted by Gasteiger charge is -2.08. The fourth-order valence-corrected chi connectivity index (χ4v) is 2.04. The average Bonchev–Trinajstić information content (AvgIpc) is 2.35. The monoisotopic (exact) mass is 255 g/mol. The Hall–Kier alpha value is -0.870. The standard InChI is InChI=1S/C13H21NO2S/c1-16-12-5-6-13(15)11(9-12)10-14-7-3-4-8-17-2/h5-6,9,14-15H,3-4,7-8,10H2,1-2H3.